The van der Waals surface area contributed by atoms with E-state index in [0.717, 1.165) is 68.1 Å². The molecule has 2 unspecified atom stereocenters. The van der Waals surface area contributed by atoms with Gasteiger partial charge < -0.3 is 30.4 Å². The van der Waals surface area contributed by atoms with Gasteiger partial charge in [0.1, 0.15) is 0 Å². The van der Waals surface area contributed by atoms with E-state index in [1.54, 1.807) is 7.11 Å². The van der Waals surface area contributed by atoms with Crippen LogP contribution in [0.2, 0.25) is 0 Å². The first-order valence-corrected chi connectivity index (χ1v) is 13.5. The number of carbonyl (C=O) groups excluding carboxylic acids is 1. The number of para-hydroxylation sites is 1. The topological polar surface area (TPSA) is 107 Å². The third kappa shape index (κ3) is 7.85. The number of aromatic nitrogens is 1. The van der Waals surface area contributed by atoms with Crippen LogP contribution in [0.3, 0.4) is 0 Å². The number of ether oxygens (including phenoxy) is 1. The quantitative estimate of drug-likeness (QED) is 0.267. The number of carboxylic acid groups (broad SMARTS) is 1. The Hall–Kier alpha value is -2.29. The summed E-state index contributed by atoms with van der Waals surface area (Å²) in [6.45, 7) is 8.59. The minimum atomic E-state index is -1.11. The first-order valence-electron chi connectivity index (χ1n) is 13.5. The zero-order chi connectivity index (χ0) is 26.1. The zero-order valence-corrected chi connectivity index (χ0v) is 23.5. The number of fused-ring (bicyclic) bond motifs is 1. The van der Waals surface area contributed by atoms with Crippen molar-refractivity contribution in [1.29, 1.82) is 0 Å². The predicted molar refractivity (Wildman–Crippen MR) is 151 cm³/mol. The Morgan fingerprint density at radius 3 is 2.68 bits per heavy atom. The average Bonchev–Trinajstić information content (AvgIpc) is 3.26. The Bertz CT molecular complexity index is 990. The molecule has 0 bridgehead atoms. The highest BCUT2D eigenvalue weighted by Gasteiger charge is 2.39. The largest absolute Gasteiger partial charge is 0.465 e. The van der Waals surface area contributed by atoms with Crippen LogP contribution >= 0.6 is 12.4 Å². The number of piperidine rings is 1. The Balaban J connectivity index is 0.00000481. The van der Waals surface area contributed by atoms with Gasteiger partial charge in [-0.15, -0.1) is 12.4 Å². The van der Waals surface area contributed by atoms with Crippen LogP contribution in [0.4, 0.5) is 4.79 Å². The van der Waals surface area contributed by atoms with Gasteiger partial charge in [-0.2, -0.15) is 0 Å². The highest BCUT2D eigenvalue weighted by atomic mass is 35.5. The van der Waals surface area contributed by atoms with Gasteiger partial charge in [0.2, 0.25) is 5.91 Å². The van der Waals surface area contributed by atoms with Gasteiger partial charge in [0.05, 0.1) is 5.92 Å². The molecule has 208 valence electrons. The maximum Gasteiger partial charge on any atom is 0.404 e. The lowest BCUT2D eigenvalue weighted by Gasteiger charge is -2.41. The number of nitrogens with one attached hydrogen (secondary N) is 3. The van der Waals surface area contributed by atoms with Gasteiger partial charge in [-0.3, -0.25) is 4.79 Å². The summed E-state index contributed by atoms with van der Waals surface area (Å²) < 4.78 is 5.21. The van der Waals surface area contributed by atoms with E-state index >= 15 is 0 Å². The van der Waals surface area contributed by atoms with Crippen molar-refractivity contribution >= 4 is 35.3 Å². The number of benzene rings is 1. The van der Waals surface area contributed by atoms with Crippen LogP contribution in [0.5, 0.6) is 0 Å². The van der Waals surface area contributed by atoms with Gasteiger partial charge >= 0.3 is 6.09 Å². The van der Waals surface area contributed by atoms with Gasteiger partial charge in [-0.05, 0) is 70.0 Å². The Morgan fingerprint density at radius 2 is 2.05 bits per heavy atom. The first-order chi connectivity index (χ1) is 17.4. The maximum atomic E-state index is 14.5. The molecule has 3 rings (SSSR count). The summed E-state index contributed by atoms with van der Waals surface area (Å²) in [7, 11) is 1.66. The molecule has 1 aliphatic heterocycles. The minimum Gasteiger partial charge on any atom is -0.465 e. The summed E-state index contributed by atoms with van der Waals surface area (Å²) >= 11 is 0. The number of rotatable bonds is 13. The van der Waals surface area contributed by atoms with Crippen LogP contribution in [0, 0.1) is 0 Å². The van der Waals surface area contributed by atoms with E-state index < -0.39 is 18.1 Å². The second kappa shape index (κ2) is 15.2. The smallest absolute Gasteiger partial charge is 0.404 e. The lowest BCUT2D eigenvalue weighted by Crippen LogP contribution is -2.55. The number of halogens is 1. The number of unbranched alkanes of at least 4 members (excludes halogenated alkanes) is 1. The van der Waals surface area contributed by atoms with Crippen molar-refractivity contribution in [2.75, 3.05) is 26.8 Å². The Labute approximate surface area is 227 Å². The van der Waals surface area contributed by atoms with Crippen LogP contribution in [0.15, 0.2) is 24.4 Å². The molecule has 37 heavy (non-hydrogen) atoms. The number of methoxy groups -OCH3 is 1. The zero-order valence-electron chi connectivity index (χ0n) is 22.7. The van der Waals surface area contributed by atoms with Crippen molar-refractivity contribution in [2.24, 2.45) is 0 Å². The molecule has 0 saturated carbocycles. The molecule has 9 heteroatoms. The summed E-state index contributed by atoms with van der Waals surface area (Å²) in [4.78, 5) is 31.9. The van der Waals surface area contributed by atoms with Crippen molar-refractivity contribution in [3.05, 3.63) is 35.5 Å². The number of aryl methyl sites for hydroxylation is 1. The number of hydrogen-bond donors (Lipinski definition) is 4. The molecule has 1 aromatic carbocycles. The van der Waals surface area contributed by atoms with E-state index in [1.807, 2.05) is 23.2 Å². The summed E-state index contributed by atoms with van der Waals surface area (Å²) in [5.41, 5.74) is 3.01. The molecular weight excluding hydrogens is 492 g/mol. The molecule has 1 aromatic heterocycles. The van der Waals surface area contributed by atoms with Crippen molar-refractivity contribution in [3.63, 3.8) is 0 Å². The van der Waals surface area contributed by atoms with Gasteiger partial charge in [0.15, 0.2) is 0 Å². The van der Waals surface area contributed by atoms with Crippen molar-refractivity contribution < 1.29 is 19.4 Å². The van der Waals surface area contributed by atoms with Crippen LogP contribution in [-0.2, 0) is 16.0 Å². The molecule has 8 nitrogen and oxygen atoms in total. The standard InChI is InChI=1S/C28H44N4O4.ClH/c1-5-10-20-17-30-26-22(20)12-8-13-23(26)25(24(31-28(34)35)14-6-7-16-36-4)27(33)32(19(2)3)21-11-9-15-29-18-21;/h8,12-13,17,19,21,24-25,29-31H,5-7,9-11,14-16,18H2,1-4H3,(H,34,35);1H/t21-,24?,25?;/m1./s1. The highest BCUT2D eigenvalue weighted by molar-refractivity contribution is 5.94. The highest BCUT2D eigenvalue weighted by Crippen LogP contribution is 2.34. The normalized spacial score (nSPS) is 17.3. The van der Waals surface area contributed by atoms with Gasteiger partial charge in [0.25, 0.3) is 0 Å². The lowest BCUT2D eigenvalue weighted by atomic mass is 9.84. The second-order valence-electron chi connectivity index (χ2n) is 10.2. The molecule has 1 fully saturated rings. The van der Waals surface area contributed by atoms with E-state index in [-0.39, 0.29) is 30.4 Å². The molecule has 2 aromatic rings. The minimum absolute atomic E-state index is 0. The predicted octanol–water partition coefficient (Wildman–Crippen LogP) is 5.07. The number of H-pyrrole nitrogens is 1. The van der Waals surface area contributed by atoms with Crippen molar-refractivity contribution in [1.82, 2.24) is 20.5 Å². The van der Waals surface area contributed by atoms with Gasteiger partial charge in [-0.1, -0.05) is 31.5 Å². The number of carbonyl (C=O) groups is 2. The number of nitrogens with zero attached hydrogens (tertiary/aromatic N) is 1. The van der Waals surface area contributed by atoms with Crippen LogP contribution in [0.25, 0.3) is 10.9 Å². The number of aromatic amines is 1. The van der Waals surface area contributed by atoms with E-state index in [4.69, 9.17) is 4.74 Å². The van der Waals surface area contributed by atoms with E-state index in [0.29, 0.717) is 13.0 Å². The molecule has 1 aliphatic rings. The molecular formula is C28H45ClN4O4. The molecule has 0 radical (unpaired) electrons. The first kappa shape index (κ1) is 30.9. The molecule has 4 N–H and O–H groups in total. The third-order valence-electron chi connectivity index (χ3n) is 7.25. The van der Waals surface area contributed by atoms with E-state index in [1.165, 1.54) is 5.56 Å². The fourth-order valence-electron chi connectivity index (χ4n) is 5.67. The monoisotopic (exact) mass is 536 g/mol. The Kier molecular flexibility index (Phi) is 12.7. The second-order valence-corrected chi connectivity index (χ2v) is 10.2. The molecule has 0 spiro atoms. The fraction of sp³-hybridized carbons (Fsp3) is 0.643. The number of amides is 2. The summed E-state index contributed by atoms with van der Waals surface area (Å²) in [6.07, 6.45) is 6.99. The van der Waals surface area contributed by atoms with Gasteiger partial charge in [0, 0.05) is 55.5 Å². The van der Waals surface area contributed by atoms with E-state index in [9.17, 15) is 14.7 Å². The summed E-state index contributed by atoms with van der Waals surface area (Å²) in [5.74, 6) is -0.645. The third-order valence-corrected chi connectivity index (χ3v) is 7.25. The summed E-state index contributed by atoms with van der Waals surface area (Å²) in [6, 6.07) is 5.61. The van der Waals surface area contributed by atoms with Crippen LogP contribution in [0.1, 0.15) is 76.3 Å². The van der Waals surface area contributed by atoms with Crippen LogP contribution in [-0.4, -0.2) is 71.9 Å². The van der Waals surface area contributed by atoms with E-state index in [2.05, 4.69) is 42.5 Å². The SMILES string of the molecule is CCCc1c[nH]c2c(C(C(=O)N(C(C)C)[C@@H]3CCCNC3)C(CCCCOC)NC(=O)O)cccc12.Cl. The lowest BCUT2D eigenvalue weighted by molar-refractivity contribution is -0.138. The summed E-state index contributed by atoms with van der Waals surface area (Å²) in [5, 5.41) is 17.0. The molecule has 2 heterocycles. The molecule has 1 saturated heterocycles. The molecule has 3 atom stereocenters. The van der Waals surface area contributed by atoms with Crippen molar-refractivity contribution in [2.45, 2.75) is 89.8 Å². The average molecular weight is 537 g/mol. The molecule has 2 amide bonds. The van der Waals surface area contributed by atoms with Crippen molar-refractivity contribution in [3.8, 4) is 0 Å². The van der Waals surface area contributed by atoms with Crippen LogP contribution < -0.4 is 10.6 Å². The fourth-order valence-corrected chi connectivity index (χ4v) is 5.67. The Morgan fingerprint density at radius 1 is 1.27 bits per heavy atom. The molecule has 0 aliphatic carbocycles. The van der Waals surface area contributed by atoms with Gasteiger partial charge in [-0.25, -0.2) is 4.79 Å². The number of hydrogen-bond acceptors (Lipinski definition) is 4. The maximum absolute atomic E-state index is 14.5.